The zero-order valence-electron chi connectivity index (χ0n) is 19.8. The third kappa shape index (κ3) is 5.81. The summed E-state index contributed by atoms with van der Waals surface area (Å²) in [4.78, 5) is 24.5. The molecule has 0 saturated carbocycles. The zero-order chi connectivity index (χ0) is 23.9. The Morgan fingerprint density at radius 1 is 1.06 bits per heavy atom. The number of carbonyl (C=O) groups is 1. The van der Waals surface area contributed by atoms with Crippen molar-refractivity contribution in [2.24, 2.45) is 4.99 Å². The van der Waals surface area contributed by atoms with Crippen LogP contribution in [0.5, 0.6) is 0 Å². The largest absolute Gasteiger partial charge is 0.378 e. The van der Waals surface area contributed by atoms with Gasteiger partial charge in [-0.2, -0.15) is 0 Å². The van der Waals surface area contributed by atoms with Gasteiger partial charge in [0.2, 0.25) is 0 Å². The minimum Gasteiger partial charge on any atom is -0.378 e. The maximum absolute atomic E-state index is 14.9. The van der Waals surface area contributed by atoms with Crippen molar-refractivity contribution in [1.29, 1.82) is 0 Å². The Balaban J connectivity index is 1.67. The number of carbonyl (C=O) groups excluding carboxylic acids is 1. The number of rotatable bonds is 7. The molecule has 2 aliphatic heterocycles. The molecule has 34 heavy (non-hydrogen) atoms. The van der Waals surface area contributed by atoms with Gasteiger partial charge < -0.3 is 24.8 Å². The van der Waals surface area contributed by atoms with Gasteiger partial charge in [-0.3, -0.25) is 4.79 Å². The first-order valence-corrected chi connectivity index (χ1v) is 11.6. The van der Waals surface area contributed by atoms with Crippen LogP contribution in [0.4, 0.5) is 4.39 Å². The van der Waals surface area contributed by atoms with Crippen LogP contribution in [0.2, 0.25) is 0 Å². The summed E-state index contributed by atoms with van der Waals surface area (Å²) in [7, 11) is 3.96. The molecule has 180 valence electrons. The first-order valence-electron chi connectivity index (χ1n) is 11.6. The van der Waals surface area contributed by atoms with Crippen molar-refractivity contribution in [3.8, 4) is 0 Å². The van der Waals surface area contributed by atoms with Crippen molar-refractivity contribution in [1.82, 2.24) is 20.0 Å². The second kappa shape index (κ2) is 11.3. The molecule has 0 aromatic heterocycles. The summed E-state index contributed by atoms with van der Waals surface area (Å²) in [5.74, 6) is 0.142. The van der Waals surface area contributed by atoms with E-state index < -0.39 is 0 Å². The van der Waals surface area contributed by atoms with Gasteiger partial charge in [0.15, 0.2) is 5.96 Å². The summed E-state index contributed by atoms with van der Waals surface area (Å²) >= 11 is 0. The third-order valence-electron chi connectivity index (χ3n) is 5.96. The summed E-state index contributed by atoms with van der Waals surface area (Å²) in [5.41, 5.74) is 2.38. The highest BCUT2D eigenvalue weighted by Crippen LogP contribution is 2.25. The van der Waals surface area contributed by atoms with Crippen molar-refractivity contribution >= 4 is 17.6 Å². The standard InChI is InChI=1S/C26H32FN5O2/c1-30(2)12-13-32(19-20-8-4-3-5-9-20)25(33)22-18-28-26(31-14-16-34-17-15-31)29-24(22)21-10-6-7-11-23(21)27/h3-11H,12-19H2,1-2H3,(H,28,29). The first kappa shape index (κ1) is 23.9. The molecule has 2 aliphatic rings. The number of ether oxygens (including phenoxy) is 1. The van der Waals surface area contributed by atoms with Gasteiger partial charge in [-0.15, -0.1) is 0 Å². The van der Waals surface area contributed by atoms with Gasteiger partial charge in [0, 0.05) is 38.3 Å². The Morgan fingerprint density at radius 2 is 1.76 bits per heavy atom. The Bertz CT molecular complexity index is 1050. The number of nitrogens with zero attached hydrogens (tertiary/aromatic N) is 4. The minimum absolute atomic E-state index is 0.138. The molecule has 0 atom stereocenters. The normalized spacial score (nSPS) is 16.4. The van der Waals surface area contributed by atoms with Crippen LogP contribution >= 0.6 is 0 Å². The van der Waals surface area contributed by atoms with Crippen LogP contribution in [0, 0.1) is 5.82 Å². The van der Waals surface area contributed by atoms with Gasteiger partial charge in [0.1, 0.15) is 5.82 Å². The van der Waals surface area contributed by atoms with Crippen molar-refractivity contribution < 1.29 is 13.9 Å². The van der Waals surface area contributed by atoms with E-state index in [1.807, 2.05) is 54.2 Å². The lowest BCUT2D eigenvalue weighted by atomic mass is 10.0. The van der Waals surface area contributed by atoms with Crippen molar-refractivity contribution in [3.05, 3.63) is 77.1 Å². The quantitative estimate of drug-likeness (QED) is 0.681. The van der Waals surface area contributed by atoms with Gasteiger partial charge in [0.05, 0.1) is 31.0 Å². The SMILES string of the molecule is CN(C)CCN(Cc1ccccc1)C(=O)C1=C(c2ccccc2F)NC(N2CCOCC2)=NC1. The van der Waals surface area contributed by atoms with E-state index >= 15 is 0 Å². The fraction of sp³-hybridized carbons (Fsp3) is 0.385. The minimum atomic E-state index is -0.374. The van der Waals surface area contributed by atoms with E-state index in [4.69, 9.17) is 4.74 Å². The topological polar surface area (TPSA) is 60.4 Å². The summed E-state index contributed by atoms with van der Waals surface area (Å²) in [6, 6.07) is 16.5. The molecule has 2 heterocycles. The predicted molar refractivity (Wildman–Crippen MR) is 132 cm³/mol. The fourth-order valence-corrected chi connectivity index (χ4v) is 4.05. The van der Waals surface area contributed by atoms with Crippen LogP contribution in [-0.4, -0.2) is 86.6 Å². The lowest BCUT2D eigenvalue weighted by Gasteiger charge is -2.34. The number of likely N-dealkylation sites (N-methyl/N-ethyl adjacent to an activating group) is 1. The molecule has 1 N–H and O–H groups in total. The Morgan fingerprint density at radius 3 is 2.47 bits per heavy atom. The van der Waals surface area contributed by atoms with Gasteiger partial charge >= 0.3 is 0 Å². The number of halogens is 1. The second-order valence-electron chi connectivity index (χ2n) is 8.71. The van der Waals surface area contributed by atoms with E-state index in [0.717, 1.165) is 12.1 Å². The summed E-state index contributed by atoms with van der Waals surface area (Å²) in [6.45, 7) is 4.55. The highest BCUT2D eigenvalue weighted by molar-refractivity contribution is 6.06. The molecule has 7 nitrogen and oxygen atoms in total. The summed E-state index contributed by atoms with van der Waals surface area (Å²) < 4.78 is 20.4. The Labute approximate surface area is 200 Å². The molecule has 4 rings (SSSR count). The molecular weight excluding hydrogens is 433 g/mol. The van der Waals surface area contributed by atoms with E-state index in [2.05, 4.69) is 15.2 Å². The van der Waals surface area contributed by atoms with Crippen LogP contribution in [0.15, 0.2) is 65.2 Å². The Kier molecular flexibility index (Phi) is 7.92. The van der Waals surface area contributed by atoms with Gasteiger partial charge in [-0.1, -0.05) is 42.5 Å². The van der Waals surface area contributed by atoms with E-state index in [9.17, 15) is 9.18 Å². The van der Waals surface area contributed by atoms with Crippen LogP contribution in [0.1, 0.15) is 11.1 Å². The number of guanidine groups is 1. The van der Waals surface area contributed by atoms with Gasteiger partial charge in [-0.05, 0) is 31.8 Å². The van der Waals surface area contributed by atoms with Gasteiger partial charge in [0.25, 0.3) is 5.91 Å². The monoisotopic (exact) mass is 465 g/mol. The van der Waals surface area contributed by atoms with Crippen LogP contribution < -0.4 is 5.32 Å². The first-order chi connectivity index (χ1) is 16.5. The van der Waals surface area contributed by atoms with Gasteiger partial charge in [-0.25, -0.2) is 9.38 Å². The third-order valence-corrected chi connectivity index (χ3v) is 5.96. The molecule has 0 unspecified atom stereocenters. The molecule has 1 amide bonds. The fourth-order valence-electron chi connectivity index (χ4n) is 4.05. The number of aliphatic imine (C=N–C) groups is 1. The molecule has 8 heteroatoms. The van der Waals surface area contributed by atoms with E-state index in [-0.39, 0.29) is 18.3 Å². The zero-order valence-corrected chi connectivity index (χ0v) is 19.8. The summed E-state index contributed by atoms with van der Waals surface area (Å²) in [6.07, 6.45) is 0. The van der Waals surface area contributed by atoms with E-state index in [1.54, 1.807) is 18.2 Å². The predicted octanol–water partition coefficient (Wildman–Crippen LogP) is 2.42. The number of hydrogen-bond donors (Lipinski definition) is 1. The molecular formula is C26H32FN5O2. The number of amides is 1. The average Bonchev–Trinajstić information content (AvgIpc) is 2.87. The van der Waals surface area contributed by atoms with E-state index in [0.29, 0.717) is 62.2 Å². The molecule has 0 aliphatic carbocycles. The van der Waals surface area contributed by atoms with E-state index in [1.165, 1.54) is 6.07 Å². The molecule has 0 radical (unpaired) electrons. The number of benzene rings is 2. The van der Waals surface area contributed by atoms with Crippen molar-refractivity contribution in [2.45, 2.75) is 6.54 Å². The molecule has 0 spiro atoms. The number of hydrogen-bond acceptors (Lipinski definition) is 6. The number of morpholine rings is 1. The van der Waals surface area contributed by atoms with Crippen LogP contribution in [0.3, 0.4) is 0 Å². The van der Waals surface area contributed by atoms with Crippen molar-refractivity contribution in [3.63, 3.8) is 0 Å². The molecule has 1 fully saturated rings. The number of nitrogens with one attached hydrogen (secondary N) is 1. The average molecular weight is 466 g/mol. The molecule has 2 aromatic rings. The smallest absolute Gasteiger partial charge is 0.254 e. The lowest BCUT2D eigenvalue weighted by molar-refractivity contribution is -0.127. The lowest BCUT2D eigenvalue weighted by Crippen LogP contribution is -2.49. The maximum Gasteiger partial charge on any atom is 0.254 e. The second-order valence-corrected chi connectivity index (χ2v) is 8.71. The highest BCUT2D eigenvalue weighted by atomic mass is 19.1. The molecule has 0 bridgehead atoms. The maximum atomic E-state index is 14.9. The van der Waals surface area contributed by atoms with Crippen molar-refractivity contribution in [2.75, 3.05) is 60.0 Å². The molecule has 2 aromatic carbocycles. The van der Waals surface area contributed by atoms with Crippen LogP contribution in [-0.2, 0) is 16.1 Å². The summed E-state index contributed by atoms with van der Waals surface area (Å²) in [5, 5.41) is 3.30. The molecule has 1 saturated heterocycles. The Hall–Kier alpha value is -3.23. The van der Waals surface area contributed by atoms with Crippen LogP contribution in [0.25, 0.3) is 5.70 Å². The highest BCUT2D eigenvalue weighted by Gasteiger charge is 2.29.